The smallest absolute Gasteiger partial charge is 0.367 e. The maximum absolute atomic E-state index is 15.0. The first kappa shape index (κ1) is 21.8. The molecule has 1 aliphatic rings. The lowest BCUT2D eigenvalue weighted by Gasteiger charge is -2.39. The van der Waals surface area contributed by atoms with Crippen molar-refractivity contribution in [1.82, 2.24) is 25.1 Å². The summed E-state index contributed by atoms with van der Waals surface area (Å²) in [5.74, 6) is -0.235. The van der Waals surface area contributed by atoms with Crippen LogP contribution in [0.3, 0.4) is 0 Å². The number of aryl methyl sites for hydroxylation is 1. The van der Waals surface area contributed by atoms with Crippen molar-refractivity contribution in [3.63, 3.8) is 0 Å². The van der Waals surface area contributed by atoms with Gasteiger partial charge in [0, 0.05) is 24.7 Å². The summed E-state index contributed by atoms with van der Waals surface area (Å²) in [6.07, 6.45) is -2.33. The molecule has 1 fully saturated rings. The third-order valence-corrected chi connectivity index (χ3v) is 5.48. The number of aromatic amines is 1. The van der Waals surface area contributed by atoms with Crippen LogP contribution in [0, 0.1) is 6.92 Å². The van der Waals surface area contributed by atoms with E-state index in [1.54, 1.807) is 12.4 Å². The Bertz CT molecular complexity index is 1130. The maximum atomic E-state index is 15.0. The number of aromatic nitrogens is 4. The van der Waals surface area contributed by atoms with Crippen LogP contribution in [0.4, 0.5) is 33.9 Å². The predicted molar refractivity (Wildman–Crippen MR) is 110 cm³/mol. The first-order valence-corrected chi connectivity index (χ1v) is 9.89. The molecular formula is C20H21F4N7O. The molecule has 3 aromatic rings. The van der Waals surface area contributed by atoms with E-state index in [1.807, 2.05) is 11.0 Å². The van der Waals surface area contributed by atoms with Crippen LogP contribution >= 0.6 is 0 Å². The molecule has 0 aliphatic carbocycles. The molecule has 3 aromatic heterocycles. The fourth-order valence-electron chi connectivity index (χ4n) is 3.81. The van der Waals surface area contributed by atoms with Gasteiger partial charge in [-0.2, -0.15) is 18.3 Å². The summed E-state index contributed by atoms with van der Waals surface area (Å²) >= 11 is 0. The highest BCUT2D eigenvalue weighted by Gasteiger charge is 2.35. The van der Waals surface area contributed by atoms with E-state index >= 15 is 4.39 Å². The van der Waals surface area contributed by atoms with Gasteiger partial charge in [-0.3, -0.25) is 10.4 Å². The molecule has 2 amide bonds. The highest BCUT2D eigenvalue weighted by Crippen LogP contribution is 2.31. The average Bonchev–Trinajstić information content (AvgIpc) is 3.20. The van der Waals surface area contributed by atoms with E-state index in [9.17, 15) is 18.0 Å². The van der Waals surface area contributed by atoms with Crippen molar-refractivity contribution in [2.24, 2.45) is 0 Å². The molecule has 0 bridgehead atoms. The van der Waals surface area contributed by atoms with E-state index in [0.717, 1.165) is 23.2 Å². The fourth-order valence-corrected chi connectivity index (χ4v) is 3.81. The van der Waals surface area contributed by atoms with Gasteiger partial charge in [0.2, 0.25) is 0 Å². The number of nitrogens with one attached hydrogen (secondary N) is 2. The highest BCUT2D eigenvalue weighted by molar-refractivity contribution is 5.88. The highest BCUT2D eigenvalue weighted by atomic mass is 19.4. The minimum absolute atomic E-state index is 0.0498. The molecule has 0 aromatic carbocycles. The number of piperidine rings is 1. The molecule has 0 spiro atoms. The summed E-state index contributed by atoms with van der Waals surface area (Å²) in [5, 5.41) is 9.83. The van der Waals surface area contributed by atoms with Crippen molar-refractivity contribution in [3.8, 4) is 0 Å². The van der Waals surface area contributed by atoms with Crippen molar-refractivity contribution < 1.29 is 22.4 Å². The molecule has 1 aliphatic heterocycles. The van der Waals surface area contributed by atoms with Crippen LogP contribution in [-0.2, 0) is 6.18 Å². The predicted octanol–water partition coefficient (Wildman–Crippen LogP) is 3.76. The number of pyridine rings is 2. The van der Waals surface area contributed by atoms with Crippen LogP contribution < -0.4 is 10.2 Å². The zero-order chi connectivity index (χ0) is 23.0. The van der Waals surface area contributed by atoms with Gasteiger partial charge in [-0.15, -0.1) is 0 Å². The molecule has 170 valence electrons. The Morgan fingerprint density at radius 1 is 1.28 bits per heavy atom. The quantitative estimate of drug-likeness (QED) is 0.592. The molecule has 2 atom stereocenters. The zero-order valence-corrected chi connectivity index (χ0v) is 17.3. The fraction of sp³-hybridized carbons (Fsp3) is 0.400. The topological polar surface area (TPSA) is 90.0 Å². The van der Waals surface area contributed by atoms with Crippen LogP contribution in [0.15, 0.2) is 30.6 Å². The van der Waals surface area contributed by atoms with E-state index in [4.69, 9.17) is 0 Å². The molecule has 2 N–H and O–H groups in total. The first-order chi connectivity index (χ1) is 15.1. The Labute approximate surface area is 180 Å². The van der Waals surface area contributed by atoms with Crippen LogP contribution in [0.25, 0.3) is 11.0 Å². The number of fused-ring (bicyclic) bond motifs is 1. The second kappa shape index (κ2) is 8.24. The number of hydrogen-bond acceptors (Lipinski definition) is 5. The lowest BCUT2D eigenvalue weighted by molar-refractivity contribution is -0.137. The number of amides is 2. The van der Waals surface area contributed by atoms with Crippen LogP contribution in [-0.4, -0.2) is 63.4 Å². The van der Waals surface area contributed by atoms with E-state index in [2.05, 4.69) is 25.5 Å². The summed E-state index contributed by atoms with van der Waals surface area (Å²) in [4.78, 5) is 23.8. The molecular weight excluding hydrogens is 430 g/mol. The van der Waals surface area contributed by atoms with Gasteiger partial charge in [-0.05, 0) is 31.5 Å². The van der Waals surface area contributed by atoms with Gasteiger partial charge < -0.3 is 9.80 Å². The standard InChI is InChI=1S/C20H21F4N7O/c1-11-5-13(20(22,23)24)7-17(27-11)28-19(32)30(2)16-3-4-31(10-15(16)21)14-6-12-8-26-29-18(12)25-9-14/h5-9,15-16H,3-4,10H2,1-2H3,(H,25,26,29)(H,27,28,32)/t15-,16-/m0/s1. The van der Waals surface area contributed by atoms with Gasteiger partial charge in [0.05, 0.1) is 36.2 Å². The molecule has 0 unspecified atom stereocenters. The number of H-pyrrole nitrogens is 1. The van der Waals surface area contributed by atoms with Gasteiger partial charge in [0.15, 0.2) is 5.65 Å². The van der Waals surface area contributed by atoms with Crippen LogP contribution in [0.1, 0.15) is 17.7 Å². The van der Waals surface area contributed by atoms with Gasteiger partial charge >= 0.3 is 12.2 Å². The lowest BCUT2D eigenvalue weighted by Crippen LogP contribution is -2.54. The van der Waals surface area contributed by atoms with E-state index in [-0.39, 0.29) is 18.1 Å². The molecule has 1 saturated heterocycles. The number of alkyl halides is 4. The summed E-state index contributed by atoms with van der Waals surface area (Å²) in [7, 11) is 1.42. The van der Waals surface area contributed by atoms with Gasteiger partial charge in [0.1, 0.15) is 12.0 Å². The molecule has 0 radical (unpaired) electrons. The second-order valence-electron chi connectivity index (χ2n) is 7.74. The summed E-state index contributed by atoms with van der Waals surface area (Å²) < 4.78 is 54.1. The monoisotopic (exact) mass is 451 g/mol. The van der Waals surface area contributed by atoms with E-state index in [0.29, 0.717) is 18.6 Å². The van der Waals surface area contributed by atoms with E-state index in [1.165, 1.54) is 18.9 Å². The number of carbonyl (C=O) groups is 1. The normalized spacial score (nSPS) is 19.2. The zero-order valence-electron chi connectivity index (χ0n) is 17.3. The Kier molecular flexibility index (Phi) is 5.61. The summed E-state index contributed by atoms with van der Waals surface area (Å²) in [6.45, 7) is 1.93. The van der Waals surface area contributed by atoms with Gasteiger partial charge in [-0.25, -0.2) is 19.2 Å². The minimum Gasteiger partial charge on any atom is -0.367 e. The molecule has 12 heteroatoms. The number of anilines is 2. The Morgan fingerprint density at radius 3 is 2.78 bits per heavy atom. The third-order valence-electron chi connectivity index (χ3n) is 5.48. The lowest BCUT2D eigenvalue weighted by atomic mass is 10.0. The average molecular weight is 451 g/mol. The number of nitrogens with zero attached hydrogens (tertiary/aromatic N) is 5. The SMILES string of the molecule is Cc1cc(C(F)(F)F)cc(NC(=O)N(C)[C@H]2CCN(c3cnc4[nH]ncc4c3)C[C@@H]2F)n1. The third kappa shape index (κ3) is 4.43. The first-order valence-electron chi connectivity index (χ1n) is 9.89. The minimum atomic E-state index is -4.57. The Morgan fingerprint density at radius 2 is 2.06 bits per heavy atom. The molecule has 0 saturated carbocycles. The van der Waals surface area contributed by atoms with Crippen LogP contribution in [0.2, 0.25) is 0 Å². The van der Waals surface area contributed by atoms with Crippen molar-refractivity contribution in [2.75, 3.05) is 30.4 Å². The van der Waals surface area contributed by atoms with Gasteiger partial charge in [0.25, 0.3) is 0 Å². The molecule has 4 rings (SSSR count). The number of hydrogen-bond donors (Lipinski definition) is 2. The second-order valence-corrected chi connectivity index (χ2v) is 7.74. The van der Waals surface area contributed by atoms with Crippen molar-refractivity contribution >= 4 is 28.6 Å². The summed E-state index contributed by atoms with van der Waals surface area (Å²) in [5.41, 5.74) is 0.575. The van der Waals surface area contributed by atoms with Crippen molar-refractivity contribution in [3.05, 3.63) is 41.9 Å². The maximum Gasteiger partial charge on any atom is 0.416 e. The number of urea groups is 1. The van der Waals surface area contributed by atoms with Crippen molar-refractivity contribution in [2.45, 2.75) is 31.7 Å². The number of halogens is 4. The van der Waals surface area contributed by atoms with Crippen LogP contribution in [0.5, 0.6) is 0 Å². The Hall–Kier alpha value is -3.44. The molecule has 8 nitrogen and oxygen atoms in total. The molecule has 32 heavy (non-hydrogen) atoms. The number of rotatable bonds is 3. The molecule has 4 heterocycles. The number of carbonyl (C=O) groups excluding carboxylic acids is 1. The summed E-state index contributed by atoms with van der Waals surface area (Å²) in [6, 6.07) is 2.05. The largest absolute Gasteiger partial charge is 0.416 e. The van der Waals surface area contributed by atoms with Gasteiger partial charge in [-0.1, -0.05) is 0 Å². The van der Waals surface area contributed by atoms with Crippen molar-refractivity contribution in [1.29, 1.82) is 0 Å². The Balaban J connectivity index is 1.42. The van der Waals surface area contributed by atoms with E-state index < -0.39 is 30.0 Å².